The van der Waals surface area contributed by atoms with E-state index in [2.05, 4.69) is 21.9 Å². The van der Waals surface area contributed by atoms with Gasteiger partial charge in [0, 0.05) is 32.2 Å². The van der Waals surface area contributed by atoms with E-state index < -0.39 is 6.36 Å². The number of hydrogen-bond acceptors (Lipinski definition) is 4. The predicted octanol–water partition coefficient (Wildman–Crippen LogP) is 2.26. The Morgan fingerprint density at radius 1 is 1.24 bits per heavy atom. The van der Waals surface area contributed by atoms with Crippen LogP contribution in [0.5, 0.6) is 11.5 Å². The Kier molecular flexibility index (Phi) is 5.30. The van der Waals surface area contributed by atoms with Crippen LogP contribution in [-0.2, 0) is 0 Å². The summed E-state index contributed by atoms with van der Waals surface area (Å²) >= 11 is 0. The molecule has 1 atom stereocenters. The van der Waals surface area contributed by atoms with Crippen molar-refractivity contribution in [3.8, 4) is 11.5 Å². The van der Waals surface area contributed by atoms with E-state index in [1.165, 1.54) is 24.3 Å². The lowest BCUT2D eigenvalue weighted by atomic mass is 10.2. The van der Waals surface area contributed by atoms with Crippen LogP contribution in [0.15, 0.2) is 24.3 Å². The highest BCUT2D eigenvalue weighted by atomic mass is 19.4. The van der Waals surface area contributed by atoms with Crippen LogP contribution in [0.2, 0.25) is 0 Å². The highest BCUT2D eigenvalue weighted by Crippen LogP contribution is 2.24. The van der Waals surface area contributed by atoms with Gasteiger partial charge in [-0.3, -0.25) is 4.90 Å². The molecular weight excluding hydrogens is 285 g/mol. The molecule has 21 heavy (non-hydrogen) atoms. The van der Waals surface area contributed by atoms with Gasteiger partial charge in [-0.25, -0.2) is 0 Å². The van der Waals surface area contributed by atoms with E-state index in [-0.39, 0.29) is 5.75 Å². The van der Waals surface area contributed by atoms with Crippen molar-refractivity contribution in [2.45, 2.75) is 19.3 Å². The summed E-state index contributed by atoms with van der Waals surface area (Å²) in [6.45, 7) is 6.35. The van der Waals surface area contributed by atoms with Crippen LogP contribution in [0.4, 0.5) is 13.2 Å². The Morgan fingerprint density at radius 3 is 2.52 bits per heavy atom. The molecule has 1 saturated heterocycles. The van der Waals surface area contributed by atoms with Crippen molar-refractivity contribution in [2.24, 2.45) is 0 Å². The Hall–Kier alpha value is -1.47. The smallest absolute Gasteiger partial charge is 0.492 e. The lowest BCUT2D eigenvalue weighted by Crippen LogP contribution is -2.50. The molecule has 1 aromatic rings. The molecule has 0 spiro atoms. The molecule has 0 bridgehead atoms. The van der Waals surface area contributed by atoms with E-state index in [0.717, 1.165) is 26.2 Å². The van der Waals surface area contributed by atoms with Gasteiger partial charge in [0.25, 0.3) is 0 Å². The summed E-state index contributed by atoms with van der Waals surface area (Å²) in [5, 5.41) is 3.31. The number of rotatable bonds is 5. The highest BCUT2D eigenvalue weighted by Gasteiger charge is 2.30. The van der Waals surface area contributed by atoms with Crippen molar-refractivity contribution in [3.63, 3.8) is 0 Å². The molecule has 1 aliphatic heterocycles. The fourth-order valence-electron chi connectivity index (χ4n) is 2.23. The van der Waals surface area contributed by atoms with Gasteiger partial charge in [0.15, 0.2) is 0 Å². The number of alkyl halides is 3. The number of halogens is 3. The van der Waals surface area contributed by atoms with E-state index in [0.29, 0.717) is 18.4 Å². The van der Waals surface area contributed by atoms with Gasteiger partial charge >= 0.3 is 6.36 Å². The van der Waals surface area contributed by atoms with E-state index in [4.69, 9.17) is 4.74 Å². The summed E-state index contributed by atoms with van der Waals surface area (Å²) in [6.07, 6.45) is -4.67. The number of benzene rings is 1. The zero-order chi connectivity index (χ0) is 15.3. The molecule has 1 aliphatic rings. The number of ether oxygens (including phenoxy) is 2. The van der Waals surface area contributed by atoms with Gasteiger partial charge in [0.2, 0.25) is 0 Å². The van der Waals surface area contributed by atoms with E-state index in [1.54, 1.807) is 0 Å². The second kappa shape index (κ2) is 7.00. The van der Waals surface area contributed by atoms with Crippen LogP contribution in [0.1, 0.15) is 6.92 Å². The minimum absolute atomic E-state index is 0.245. The largest absolute Gasteiger partial charge is 0.573 e. The predicted molar refractivity (Wildman–Crippen MR) is 72.5 cm³/mol. The molecule has 1 heterocycles. The van der Waals surface area contributed by atoms with Crippen LogP contribution >= 0.6 is 0 Å². The van der Waals surface area contributed by atoms with Crippen molar-refractivity contribution in [1.29, 1.82) is 0 Å². The van der Waals surface area contributed by atoms with Crippen molar-refractivity contribution >= 4 is 0 Å². The minimum Gasteiger partial charge on any atom is -0.492 e. The zero-order valence-corrected chi connectivity index (χ0v) is 11.8. The van der Waals surface area contributed by atoms with Gasteiger partial charge < -0.3 is 14.8 Å². The first kappa shape index (κ1) is 15.9. The Labute approximate surface area is 121 Å². The molecule has 1 N–H and O–H groups in total. The molecule has 1 fully saturated rings. The molecule has 0 amide bonds. The summed E-state index contributed by atoms with van der Waals surface area (Å²) < 4.78 is 45.4. The number of nitrogens with one attached hydrogen (secondary N) is 1. The van der Waals surface area contributed by atoms with E-state index in [1.807, 2.05) is 0 Å². The number of nitrogens with zero attached hydrogens (tertiary/aromatic N) is 1. The molecule has 4 nitrogen and oxygen atoms in total. The Morgan fingerprint density at radius 2 is 1.90 bits per heavy atom. The maximum absolute atomic E-state index is 12.0. The molecule has 1 aromatic carbocycles. The van der Waals surface area contributed by atoms with Crippen LogP contribution < -0.4 is 14.8 Å². The first-order valence-electron chi connectivity index (χ1n) is 6.87. The first-order chi connectivity index (χ1) is 9.94. The summed E-state index contributed by atoms with van der Waals surface area (Å²) in [5.74, 6) is 0.290. The number of hydrogen-bond donors (Lipinski definition) is 1. The van der Waals surface area contributed by atoms with Gasteiger partial charge in [0.05, 0.1) is 0 Å². The minimum atomic E-state index is -4.67. The van der Waals surface area contributed by atoms with Crippen molar-refractivity contribution in [1.82, 2.24) is 10.2 Å². The Balaban J connectivity index is 1.76. The van der Waals surface area contributed by atoms with Crippen molar-refractivity contribution < 1.29 is 22.6 Å². The maximum atomic E-state index is 12.0. The SMILES string of the molecule is C[C@H]1CNCCN1CCOc1ccc(OC(F)(F)F)cc1. The molecule has 0 unspecified atom stereocenters. The summed E-state index contributed by atoms with van der Waals surface area (Å²) in [7, 11) is 0. The standard InChI is InChI=1S/C14H19F3N2O2/c1-11-10-18-6-7-19(11)8-9-20-12-2-4-13(5-3-12)21-14(15,16)17/h2-5,11,18H,6-10H2,1H3/t11-/m0/s1. The zero-order valence-electron chi connectivity index (χ0n) is 11.8. The van der Waals surface area contributed by atoms with Gasteiger partial charge in [0.1, 0.15) is 18.1 Å². The van der Waals surface area contributed by atoms with Crippen molar-refractivity contribution in [3.05, 3.63) is 24.3 Å². The lowest BCUT2D eigenvalue weighted by Gasteiger charge is -2.33. The van der Waals surface area contributed by atoms with Crippen LogP contribution in [-0.4, -0.2) is 50.1 Å². The number of piperazine rings is 1. The molecule has 0 aliphatic carbocycles. The third-order valence-corrected chi connectivity index (χ3v) is 3.34. The highest BCUT2D eigenvalue weighted by molar-refractivity contribution is 5.31. The monoisotopic (exact) mass is 304 g/mol. The third kappa shape index (κ3) is 5.43. The fourth-order valence-corrected chi connectivity index (χ4v) is 2.23. The average molecular weight is 304 g/mol. The first-order valence-corrected chi connectivity index (χ1v) is 6.87. The Bertz CT molecular complexity index is 437. The van der Waals surface area contributed by atoms with E-state index >= 15 is 0 Å². The normalized spacial score (nSPS) is 20.3. The average Bonchev–Trinajstić information content (AvgIpc) is 2.41. The molecule has 0 aromatic heterocycles. The molecule has 118 valence electrons. The van der Waals surface area contributed by atoms with E-state index in [9.17, 15) is 13.2 Å². The fraction of sp³-hybridized carbons (Fsp3) is 0.571. The van der Waals surface area contributed by atoms with Crippen molar-refractivity contribution in [2.75, 3.05) is 32.8 Å². The summed E-state index contributed by atoms with van der Waals surface area (Å²) in [5.41, 5.74) is 0. The topological polar surface area (TPSA) is 33.7 Å². The van der Waals surface area contributed by atoms with Gasteiger partial charge in [-0.05, 0) is 31.2 Å². The van der Waals surface area contributed by atoms with Gasteiger partial charge in [-0.1, -0.05) is 0 Å². The van der Waals surface area contributed by atoms with Crippen LogP contribution in [0, 0.1) is 0 Å². The molecule has 7 heteroatoms. The molecule has 2 rings (SSSR count). The van der Waals surface area contributed by atoms with Gasteiger partial charge in [-0.15, -0.1) is 13.2 Å². The second-order valence-electron chi connectivity index (χ2n) is 4.96. The quantitative estimate of drug-likeness (QED) is 0.905. The molecular formula is C14H19F3N2O2. The molecule has 0 radical (unpaired) electrons. The second-order valence-corrected chi connectivity index (χ2v) is 4.96. The summed E-state index contributed by atoms with van der Waals surface area (Å²) in [6, 6.07) is 5.90. The summed E-state index contributed by atoms with van der Waals surface area (Å²) in [4.78, 5) is 2.32. The van der Waals surface area contributed by atoms with Crippen LogP contribution in [0.3, 0.4) is 0 Å². The molecule has 0 saturated carbocycles. The lowest BCUT2D eigenvalue weighted by molar-refractivity contribution is -0.274. The van der Waals surface area contributed by atoms with Gasteiger partial charge in [-0.2, -0.15) is 0 Å². The van der Waals surface area contributed by atoms with Crippen LogP contribution in [0.25, 0.3) is 0 Å². The maximum Gasteiger partial charge on any atom is 0.573 e. The third-order valence-electron chi connectivity index (χ3n) is 3.34.